The van der Waals surface area contributed by atoms with Crippen LogP contribution in [0.2, 0.25) is 0 Å². The van der Waals surface area contributed by atoms with Crippen molar-refractivity contribution in [1.29, 1.82) is 0 Å². The van der Waals surface area contributed by atoms with Gasteiger partial charge >= 0.3 is 5.97 Å². The Morgan fingerprint density at radius 3 is 2.62 bits per heavy atom. The van der Waals surface area contributed by atoms with Gasteiger partial charge in [0.15, 0.2) is 0 Å². The minimum Gasteiger partial charge on any atom is -0.478 e. The van der Waals surface area contributed by atoms with Crippen molar-refractivity contribution in [2.24, 2.45) is 0 Å². The Morgan fingerprint density at radius 1 is 1.29 bits per heavy atom. The lowest BCUT2D eigenvalue weighted by Gasteiger charge is -2.22. The van der Waals surface area contributed by atoms with Crippen molar-refractivity contribution in [3.63, 3.8) is 0 Å². The van der Waals surface area contributed by atoms with E-state index in [1.165, 1.54) is 12.1 Å². The number of carboxylic acid groups (broad SMARTS) is 1. The van der Waals surface area contributed by atoms with Crippen LogP contribution in [-0.2, 0) is 6.54 Å². The first-order chi connectivity index (χ1) is 11.5. The number of carboxylic acids is 1. The molecule has 0 unspecified atom stereocenters. The molecule has 1 aromatic carbocycles. The molecule has 6 heteroatoms. The molecule has 1 aromatic heterocycles. The Bertz CT molecular complexity index is 803. The summed E-state index contributed by atoms with van der Waals surface area (Å²) in [5, 5.41) is 9.08. The molecule has 0 saturated heterocycles. The highest BCUT2D eigenvalue weighted by atomic mass is 79.9. The third-order valence-corrected chi connectivity index (χ3v) is 4.52. The average molecular weight is 389 g/mol. The predicted octanol–water partition coefficient (Wildman–Crippen LogP) is 3.66. The van der Waals surface area contributed by atoms with Crippen LogP contribution in [0.1, 0.15) is 44.9 Å². The summed E-state index contributed by atoms with van der Waals surface area (Å²) < 4.78 is 0.975. The maximum absolute atomic E-state index is 12.9. The lowest BCUT2D eigenvalue weighted by Crippen LogP contribution is -2.33. The molecule has 1 N–H and O–H groups in total. The highest BCUT2D eigenvalue weighted by molar-refractivity contribution is 9.10. The van der Waals surface area contributed by atoms with E-state index in [2.05, 4.69) is 20.9 Å². The molecule has 0 bridgehead atoms. The topological polar surface area (TPSA) is 70.5 Å². The quantitative estimate of drug-likeness (QED) is 0.848. The van der Waals surface area contributed by atoms with E-state index in [4.69, 9.17) is 5.11 Å². The first-order valence-electron chi connectivity index (χ1n) is 7.72. The van der Waals surface area contributed by atoms with Crippen LogP contribution in [-0.4, -0.2) is 32.9 Å². The normalized spacial score (nSPS) is 13.6. The second-order valence-corrected chi connectivity index (χ2v) is 6.84. The molecular formula is C18H17BrN2O3. The molecule has 1 aliphatic rings. The van der Waals surface area contributed by atoms with Crippen LogP contribution < -0.4 is 0 Å². The molecule has 1 aliphatic carbocycles. The third-order valence-electron chi connectivity index (χ3n) is 4.03. The summed E-state index contributed by atoms with van der Waals surface area (Å²) in [6.07, 6.45) is 1.98. The van der Waals surface area contributed by atoms with Crippen molar-refractivity contribution in [3.05, 3.63) is 63.4 Å². The Labute approximate surface area is 148 Å². The van der Waals surface area contributed by atoms with E-state index in [0.29, 0.717) is 17.9 Å². The summed E-state index contributed by atoms with van der Waals surface area (Å²) in [5.74, 6) is -1.19. The Balaban J connectivity index is 1.85. The van der Waals surface area contributed by atoms with E-state index in [1.54, 1.807) is 6.92 Å². The number of hydrogen-bond donors (Lipinski definition) is 1. The maximum atomic E-state index is 12.9. The average Bonchev–Trinajstić information content (AvgIpc) is 3.36. The van der Waals surface area contributed by atoms with Gasteiger partial charge in [-0.05, 0) is 49.6 Å². The van der Waals surface area contributed by atoms with Gasteiger partial charge in [0.1, 0.15) is 5.69 Å². The van der Waals surface area contributed by atoms with E-state index in [9.17, 15) is 9.59 Å². The molecule has 0 radical (unpaired) electrons. The van der Waals surface area contributed by atoms with E-state index >= 15 is 0 Å². The molecule has 3 rings (SSSR count). The van der Waals surface area contributed by atoms with Gasteiger partial charge in [0, 0.05) is 17.1 Å². The first-order valence-corrected chi connectivity index (χ1v) is 8.51. The summed E-state index contributed by atoms with van der Waals surface area (Å²) >= 11 is 3.45. The van der Waals surface area contributed by atoms with Gasteiger partial charge in [0.2, 0.25) is 0 Å². The molecule has 1 saturated carbocycles. The summed E-state index contributed by atoms with van der Waals surface area (Å²) in [7, 11) is 0. The van der Waals surface area contributed by atoms with Gasteiger partial charge in [-0.25, -0.2) is 9.78 Å². The van der Waals surface area contributed by atoms with Crippen LogP contribution in [0.25, 0.3) is 0 Å². The molecule has 124 valence electrons. The number of aryl methyl sites for hydroxylation is 1. The van der Waals surface area contributed by atoms with Gasteiger partial charge in [-0.3, -0.25) is 4.79 Å². The van der Waals surface area contributed by atoms with E-state index in [-0.39, 0.29) is 17.5 Å². The number of amides is 1. The molecule has 1 heterocycles. The number of carbonyl (C=O) groups is 2. The second kappa shape index (κ2) is 6.73. The number of benzene rings is 1. The Kier molecular flexibility index (Phi) is 4.66. The van der Waals surface area contributed by atoms with E-state index < -0.39 is 5.97 Å². The minimum absolute atomic E-state index is 0.122. The van der Waals surface area contributed by atoms with Crippen molar-refractivity contribution < 1.29 is 14.7 Å². The molecule has 2 aromatic rings. The molecule has 0 atom stereocenters. The third kappa shape index (κ3) is 3.64. The van der Waals surface area contributed by atoms with Gasteiger partial charge in [-0.15, -0.1) is 0 Å². The van der Waals surface area contributed by atoms with Gasteiger partial charge < -0.3 is 10.0 Å². The number of hydrogen-bond acceptors (Lipinski definition) is 3. The fraction of sp³-hybridized carbons (Fsp3) is 0.278. The molecule has 1 fully saturated rings. The number of halogens is 1. The van der Waals surface area contributed by atoms with Crippen LogP contribution in [0.15, 0.2) is 40.9 Å². The zero-order valence-electron chi connectivity index (χ0n) is 13.2. The standard InChI is InChI=1S/C18H17BrN2O3/c1-11-15(18(23)24)7-8-16(20-11)17(22)21(14-5-6-14)10-12-3-2-4-13(19)9-12/h2-4,7-9,14H,5-6,10H2,1H3,(H,23,24). The lowest BCUT2D eigenvalue weighted by atomic mass is 10.1. The molecule has 5 nitrogen and oxygen atoms in total. The van der Waals surface area contributed by atoms with Crippen LogP contribution >= 0.6 is 15.9 Å². The highest BCUT2D eigenvalue weighted by Crippen LogP contribution is 2.30. The van der Waals surface area contributed by atoms with Crippen LogP contribution in [0.4, 0.5) is 0 Å². The van der Waals surface area contributed by atoms with Crippen molar-refractivity contribution in [1.82, 2.24) is 9.88 Å². The van der Waals surface area contributed by atoms with Crippen molar-refractivity contribution >= 4 is 27.8 Å². The lowest BCUT2D eigenvalue weighted by molar-refractivity contribution is 0.0688. The minimum atomic E-state index is -1.04. The SMILES string of the molecule is Cc1nc(C(=O)N(Cc2cccc(Br)c2)C2CC2)ccc1C(=O)O. The number of nitrogens with zero attached hydrogens (tertiary/aromatic N) is 2. The maximum Gasteiger partial charge on any atom is 0.337 e. The number of pyridine rings is 1. The summed E-state index contributed by atoms with van der Waals surface area (Å²) in [4.78, 5) is 30.0. The van der Waals surface area contributed by atoms with Crippen LogP contribution in [0, 0.1) is 6.92 Å². The van der Waals surface area contributed by atoms with Crippen molar-refractivity contribution in [2.45, 2.75) is 32.4 Å². The van der Waals surface area contributed by atoms with Crippen molar-refractivity contribution in [2.75, 3.05) is 0 Å². The van der Waals surface area contributed by atoms with Crippen LogP contribution in [0.5, 0.6) is 0 Å². The van der Waals surface area contributed by atoms with Crippen LogP contribution in [0.3, 0.4) is 0 Å². The highest BCUT2D eigenvalue weighted by Gasteiger charge is 2.33. The monoisotopic (exact) mass is 388 g/mol. The first kappa shape index (κ1) is 16.6. The number of carbonyl (C=O) groups excluding carboxylic acids is 1. The zero-order valence-corrected chi connectivity index (χ0v) is 14.8. The van der Waals surface area contributed by atoms with E-state index in [0.717, 1.165) is 22.9 Å². The molecular weight excluding hydrogens is 372 g/mol. The number of aromatic carboxylic acids is 1. The summed E-state index contributed by atoms with van der Waals surface area (Å²) in [6, 6.07) is 11.0. The van der Waals surface area contributed by atoms with Gasteiger partial charge in [0.05, 0.1) is 11.3 Å². The molecule has 0 spiro atoms. The Hall–Kier alpha value is -2.21. The zero-order chi connectivity index (χ0) is 17.3. The predicted molar refractivity (Wildman–Crippen MR) is 93.0 cm³/mol. The number of rotatable bonds is 5. The molecule has 0 aliphatic heterocycles. The van der Waals surface area contributed by atoms with Gasteiger partial charge in [0.25, 0.3) is 5.91 Å². The fourth-order valence-electron chi connectivity index (χ4n) is 2.64. The molecule has 1 amide bonds. The Morgan fingerprint density at radius 2 is 2.04 bits per heavy atom. The van der Waals surface area contributed by atoms with Gasteiger partial charge in [-0.1, -0.05) is 28.1 Å². The molecule has 24 heavy (non-hydrogen) atoms. The summed E-state index contributed by atoms with van der Waals surface area (Å²) in [6.45, 7) is 2.13. The smallest absolute Gasteiger partial charge is 0.337 e. The van der Waals surface area contributed by atoms with Gasteiger partial charge in [-0.2, -0.15) is 0 Å². The second-order valence-electron chi connectivity index (χ2n) is 5.93. The van der Waals surface area contributed by atoms with E-state index in [1.807, 2.05) is 29.2 Å². The largest absolute Gasteiger partial charge is 0.478 e. The summed E-state index contributed by atoms with van der Waals surface area (Å²) in [5.41, 5.74) is 1.81. The van der Waals surface area contributed by atoms with Crippen molar-refractivity contribution in [3.8, 4) is 0 Å². The number of aromatic nitrogens is 1. The fourth-order valence-corrected chi connectivity index (χ4v) is 3.08.